The van der Waals surface area contributed by atoms with Gasteiger partial charge in [0.25, 0.3) is 0 Å². The van der Waals surface area contributed by atoms with E-state index < -0.39 is 0 Å². The predicted molar refractivity (Wildman–Crippen MR) is 62.6 cm³/mol. The van der Waals surface area contributed by atoms with Crippen molar-refractivity contribution in [2.24, 2.45) is 0 Å². The first-order valence-corrected chi connectivity index (χ1v) is 6.04. The van der Waals surface area contributed by atoms with Gasteiger partial charge in [0, 0.05) is 38.3 Å². The van der Waals surface area contributed by atoms with Crippen LogP contribution in [0.5, 0.6) is 0 Å². The highest BCUT2D eigenvalue weighted by Gasteiger charge is 2.22. The lowest BCUT2D eigenvalue weighted by molar-refractivity contribution is 0.0786. The lowest BCUT2D eigenvalue weighted by Crippen LogP contribution is -2.51. The van der Waals surface area contributed by atoms with Gasteiger partial charge < -0.3 is 0 Å². The largest absolute Gasteiger partial charge is 0.298 e. The minimum absolute atomic E-state index is 0.425. The molecule has 86 valence electrons. The Hall–Kier alpha value is -0.590. The fourth-order valence-corrected chi connectivity index (χ4v) is 2.14. The van der Waals surface area contributed by atoms with Gasteiger partial charge in [-0.05, 0) is 20.3 Å². The van der Waals surface area contributed by atoms with Crippen LogP contribution >= 0.6 is 0 Å². The van der Waals surface area contributed by atoms with Crippen LogP contribution in [0.15, 0.2) is 0 Å². The monoisotopic (exact) mass is 209 g/mol. The van der Waals surface area contributed by atoms with Crippen LogP contribution in [0.2, 0.25) is 0 Å². The number of hydrogen-bond acceptors (Lipinski definition) is 3. The Bertz CT molecular complexity index is 213. The van der Waals surface area contributed by atoms with Crippen molar-refractivity contribution in [2.75, 3.05) is 26.2 Å². The average molecular weight is 209 g/mol. The smallest absolute Gasteiger partial charge is 0.0638 e. The van der Waals surface area contributed by atoms with Crippen LogP contribution in [-0.4, -0.2) is 48.1 Å². The molecule has 0 aliphatic carbocycles. The summed E-state index contributed by atoms with van der Waals surface area (Å²) < 4.78 is 0. The summed E-state index contributed by atoms with van der Waals surface area (Å²) in [5.74, 6) is 0. The van der Waals surface area contributed by atoms with Crippen LogP contribution in [0.25, 0.3) is 0 Å². The summed E-state index contributed by atoms with van der Waals surface area (Å²) in [5, 5.41) is 8.66. The minimum atomic E-state index is 0.425. The first-order valence-electron chi connectivity index (χ1n) is 6.04. The standard InChI is InChI=1S/C12H23N3/c1-4-11(2)14-7-9-15(10-8-14)12(3)5-6-13/h11-12H,4-5,7-10H2,1-3H3. The number of nitrogens with zero attached hydrogens (tertiary/aromatic N) is 3. The van der Waals surface area contributed by atoms with E-state index in [2.05, 4.69) is 36.6 Å². The zero-order valence-electron chi connectivity index (χ0n) is 10.2. The summed E-state index contributed by atoms with van der Waals surface area (Å²) in [6, 6.07) is 3.39. The molecule has 1 saturated heterocycles. The van der Waals surface area contributed by atoms with Crippen LogP contribution in [0, 0.1) is 11.3 Å². The number of piperazine rings is 1. The maximum absolute atomic E-state index is 8.66. The van der Waals surface area contributed by atoms with E-state index in [0.717, 1.165) is 26.2 Å². The van der Waals surface area contributed by atoms with Crippen LogP contribution < -0.4 is 0 Å². The van der Waals surface area contributed by atoms with E-state index >= 15 is 0 Å². The van der Waals surface area contributed by atoms with E-state index in [1.165, 1.54) is 6.42 Å². The van der Waals surface area contributed by atoms with Gasteiger partial charge in [-0.3, -0.25) is 9.80 Å². The molecule has 0 radical (unpaired) electrons. The molecular weight excluding hydrogens is 186 g/mol. The van der Waals surface area contributed by atoms with E-state index in [-0.39, 0.29) is 0 Å². The van der Waals surface area contributed by atoms with Crippen molar-refractivity contribution >= 4 is 0 Å². The second-order valence-corrected chi connectivity index (χ2v) is 4.54. The predicted octanol–water partition coefficient (Wildman–Crippen LogP) is 1.70. The van der Waals surface area contributed by atoms with Gasteiger partial charge in [-0.2, -0.15) is 5.26 Å². The van der Waals surface area contributed by atoms with Crippen molar-refractivity contribution in [3.05, 3.63) is 0 Å². The molecule has 1 heterocycles. The molecule has 1 aliphatic heterocycles. The van der Waals surface area contributed by atoms with E-state index in [9.17, 15) is 0 Å². The number of hydrogen-bond donors (Lipinski definition) is 0. The van der Waals surface area contributed by atoms with Crippen molar-refractivity contribution in [1.82, 2.24) is 9.80 Å². The molecule has 0 aromatic heterocycles. The molecule has 3 nitrogen and oxygen atoms in total. The van der Waals surface area contributed by atoms with Gasteiger partial charge in [0.2, 0.25) is 0 Å². The normalized spacial score (nSPS) is 23.3. The Morgan fingerprint density at radius 2 is 1.53 bits per heavy atom. The first-order chi connectivity index (χ1) is 7.19. The molecule has 1 aliphatic rings. The Morgan fingerprint density at radius 1 is 1.07 bits per heavy atom. The Kier molecular flexibility index (Phi) is 5.07. The summed E-state index contributed by atoms with van der Waals surface area (Å²) >= 11 is 0. The van der Waals surface area contributed by atoms with Gasteiger partial charge in [0.15, 0.2) is 0 Å². The lowest BCUT2D eigenvalue weighted by atomic mass is 10.1. The van der Waals surface area contributed by atoms with Gasteiger partial charge in [-0.15, -0.1) is 0 Å². The highest BCUT2D eigenvalue weighted by molar-refractivity contribution is 4.84. The summed E-state index contributed by atoms with van der Waals surface area (Å²) in [5.41, 5.74) is 0. The van der Waals surface area contributed by atoms with Crippen molar-refractivity contribution in [2.45, 2.75) is 45.7 Å². The third kappa shape index (κ3) is 3.48. The molecule has 0 aromatic carbocycles. The zero-order valence-corrected chi connectivity index (χ0v) is 10.2. The Morgan fingerprint density at radius 3 is 1.93 bits per heavy atom. The van der Waals surface area contributed by atoms with E-state index in [1.54, 1.807) is 0 Å². The molecule has 0 aromatic rings. The molecule has 15 heavy (non-hydrogen) atoms. The van der Waals surface area contributed by atoms with E-state index in [4.69, 9.17) is 5.26 Å². The summed E-state index contributed by atoms with van der Waals surface area (Å²) in [7, 11) is 0. The maximum atomic E-state index is 8.66. The van der Waals surface area contributed by atoms with Crippen molar-refractivity contribution in [3.8, 4) is 6.07 Å². The van der Waals surface area contributed by atoms with Crippen molar-refractivity contribution < 1.29 is 0 Å². The minimum Gasteiger partial charge on any atom is -0.298 e. The van der Waals surface area contributed by atoms with Gasteiger partial charge in [0.05, 0.1) is 12.5 Å². The average Bonchev–Trinajstić information content (AvgIpc) is 2.28. The molecule has 2 atom stereocenters. The SMILES string of the molecule is CCC(C)N1CCN(C(C)CC#N)CC1. The lowest BCUT2D eigenvalue weighted by Gasteiger charge is -2.40. The molecule has 1 fully saturated rings. The Labute approximate surface area is 93.7 Å². The fraction of sp³-hybridized carbons (Fsp3) is 0.917. The number of nitriles is 1. The molecule has 0 saturated carbocycles. The second-order valence-electron chi connectivity index (χ2n) is 4.54. The molecule has 0 amide bonds. The van der Waals surface area contributed by atoms with E-state index in [0.29, 0.717) is 18.5 Å². The van der Waals surface area contributed by atoms with Crippen LogP contribution in [0.3, 0.4) is 0 Å². The van der Waals surface area contributed by atoms with Gasteiger partial charge in [0.1, 0.15) is 0 Å². The second kappa shape index (κ2) is 6.09. The quantitative estimate of drug-likeness (QED) is 0.706. The van der Waals surface area contributed by atoms with Gasteiger partial charge >= 0.3 is 0 Å². The molecule has 0 spiro atoms. The third-order valence-electron chi connectivity index (χ3n) is 3.57. The summed E-state index contributed by atoms with van der Waals surface area (Å²) in [4.78, 5) is 4.98. The molecule has 3 heteroatoms. The Balaban J connectivity index is 2.33. The topological polar surface area (TPSA) is 30.3 Å². The van der Waals surface area contributed by atoms with Gasteiger partial charge in [-0.1, -0.05) is 6.92 Å². The summed E-state index contributed by atoms with van der Waals surface area (Å²) in [6.07, 6.45) is 1.89. The summed E-state index contributed by atoms with van der Waals surface area (Å²) in [6.45, 7) is 11.3. The van der Waals surface area contributed by atoms with Crippen LogP contribution in [-0.2, 0) is 0 Å². The third-order valence-corrected chi connectivity index (χ3v) is 3.57. The maximum Gasteiger partial charge on any atom is 0.0638 e. The molecule has 1 rings (SSSR count). The van der Waals surface area contributed by atoms with Crippen molar-refractivity contribution in [1.29, 1.82) is 5.26 Å². The molecular formula is C12H23N3. The van der Waals surface area contributed by atoms with Crippen molar-refractivity contribution in [3.63, 3.8) is 0 Å². The van der Waals surface area contributed by atoms with E-state index in [1.807, 2.05) is 0 Å². The van der Waals surface area contributed by atoms with Crippen LogP contribution in [0.4, 0.5) is 0 Å². The highest BCUT2D eigenvalue weighted by Crippen LogP contribution is 2.12. The molecule has 2 unspecified atom stereocenters. The molecule has 0 N–H and O–H groups in total. The molecule has 0 bridgehead atoms. The zero-order chi connectivity index (χ0) is 11.3. The first kappa shape index (κ1) is 12.5. The highest BCUT2D eigenvalue weighted by atomic mass is 15.3. The van der Waals surface area contributed by atoms with Gasteiger partial charge in [-0.25, -0.2) is 0 Å². The number of rotatable bonds is 4. The van der Waals surface area contributed by atoms with Crippen LogP contribution in [0.1, 0.15) is 33.6 Å². The fourth-order valence-electron chi connectivity index (χ4n) is 2.14.